The first-order valence-corrected chi connectivity index (χ1v) is 8.87. The van der Waals surface area contributed by atoms with Gasteiger partial charge in [0.15, 0.2) is 10.2 Å². The first-order chi connectivity index (χ1) is 10.8. The minimum atomic E-state index is -0.952. The summed E-state index contributed by atoms with van der Waals surface area (Å²) in [5.74, 6) is -0.232. The van der Waals surface area contributed by atoms with E-state index in [2.05, 4.69) is 31.7 Å². The fraction of sp³-hybridized carbons (Fsp3) is 0.583. The van der Waals surface area contributed by atoms with Gasteiger partial charge in [-0.15, -0.1) is 0 Å². The minimum Gasteiger partial charge on any atom is -0.480 e. The second-order valence-electron chi connectivity index (χ2n) is 4.34. The summed E-state index contributed by atoms with van der Waals surface area (Å²) in [6.07, 6.45) is 2.38. The van der Waals surface area contributed by atoms with Crippen LogP contribution in [0.15, 0.2) is 10.2 Å². The van der Waals surface area contributed by atoms with Gasteiger partial charge in [-0.25, -0.2) is 4.79 Å². The van der Waals surface area contributed by atoms with Crippen LogP contribution in [-0.4, -0.2) is 57.8 Å². The molecule has 8 nitrogen and oxygen atoms in total. The maximum Gasteiger partial charge on any atom is 0.326 e. The third-order valence-corrected chi connectivity index (χ3v) is 3.76. The van der Waals surface area contributed by atoms with E-state index >= 15 is 0 Å². The Hall–Kier alpha value is -1.46. The number of hydrogen-bond acceptors (Lipinski definition) is 6. The SMILES string of the molecule is CNC(=S)N/N=C(C)\C(C)=N/NC(=S)NC(CCSC)C(=O)O. The van der Waals surface area contributed by atoms with E-state index in [1.54, 1.807) is 32.7 Å². The first kappa shape index (κ1) is 21.5. The number of carboxylic acids is 1. The van der Waals surface area contributed by atoms with Gasteiger partial charge in [0, 0.05) is 7.05 Å². The summed E-state index contributed by atoms with van der Waals surface area (Å²) in [5, 5.41) is 23.2. The summed E-state index contributed by atoms with van der Waals surface area (Å²) in [5.41, 5.74) is 6.44. The predicted molar refractivity (Wildman–Crippen MR) is 104 cm³/mol. The monoisotopic (exact) mass is 378 g/mol. The molecule has 5 N–H and O–H groups in total. The summed E-state index contributed by atoms with van der Waals surface area (Å²) in [6.45, 7) is 3.49. The number of hydrazone groups is 2. The van der Waals surface area contributed by atoms with Crippen molar-refractivity contribution in [1.82, 2.24) is 21.5 Å². The van der Waals surface area contributed by atoms with Crippen LogP contribution in [0.4, 0.5) is 0 Å². The van der Waals surface area contributed by atoms with E-state index in [1.165, 1.54) is 0 Å². The highest BCUT2D eigenvalue weighted by atomic mass is 32.2. The summed E-state index contributed by atoms with van der Waals surface area (Å²) in [7, 11) is 1.68. The van der Waals surface area contributed by atoms with Gasteiger partial charge >= 0.3 is 5.97 Å². The quantitative estimate of drug-likeness (QED) is 0.234. The summed E-state index contributed by atoms with van der Waals surface area (Å²) in [4.78, 5) is 11.1. The maximum absolute atomic E-state index is 11.1. The highest BCUT2D eigenvalue weighted by Gasteiger charge is 2.17. The number of carboxylic acid groups (broad SMARTS) is 1. The molecule has 0 aliphatic rings. The van der Waals surface area contributed by atoms with Crippen LogP contribution in [0.5, 0.6) is 0 Å². The van der Waals surface area contributed by atoms with Crippen molar-refractivity contribution in [3.05, 3.63) is 0 Å². The molecule has 0 saturated heterocycles. The van der Waals surface area contributed by atoms with Gasteiger partial charge in [0.05, 0.1) is 11.4 Å². The lowest BCUT2D eigenvalue weighted by molar-refractivity contribution is -0.139. The van der Waals surface area contributed by atoms with Crippen molar-refractivity contribution in [3.8, 4) is 0 Å². The third-order valence-electron chi connectivity index (χ3n) is 2.62. The molecule has 11 heteroatoms. The van der Waals surface area contributed by atoms with Crippen molar-refractivity contribution in [3.63, 3.8) is 0 Å². The van der Waals surface area contributed by atoms with Crippen LogP contribution < -0.4 is 21.5 Å². The highest BCUT2D eigenvalue weighted by Crippen LogP contribution is 2.00. The van der Waals surface area contributed by atoms with Crippen LogP contribution in [0, 0.1) is 0 Å². The first-order valence-electron chi connectivity index (χ1n) is 6.66. The summed E-state index contributed by atoms with van der Waals surface area (Å²) < 4.78 is 0. The number of hydrogen-bond donors (Lipinski definition) is 5. The molecule has 0 radical (unpaired) electrons. The zero-order valence-electron chi connectivity index (χ0n) is 13.5. The molecule has 0 rings (SSSR count). The number of aliphatic carboxylic acids is 1. The molecule has 0 aliphatic carbocycles. The Labute approximate surface area is 150 Å². The second-order valence-corrected chi connectivity index (χ2v) is 6.15. The molecule has 0 aromatic heterocycles. The van der Waals surface area contributed by atoms with Crippen molar-refractivity contribution in [2.45, 2.75) is 26.3 Å². The number of nitrogens with one attached hydrogen (secondary N) is 4. The van der Waals surface area contributed by atoms with E-state index in [0.29, 0.717) is 23.0 Å². The fourth-order valence-corrected chi connectivity index (χ4v) is 1.88. The van der Waals surface area contributed by atoms with Gasteiger partial charge in [-0.3, -0.25) is 10.9 Å². The zero-order valence-corrected chi connectivity index (χ0v) is 15.9. The second kappa shape index (κ2) is 12.0. The van der Waals surface area contributed by atoms with E-state index in [-0.39, 0.29) is 5.11 Å². The lowest BCUT2D eigenvalue weighted by Gasteiger charge is -2.15. The van der Waals surface area contributed by atoms with Gasteiger partial charge in [0.1, 0.15) is 6.04 Å². The van der Waals surface area contributed by atoms with Gasteiger partial charge in [-0.2, -0.15) is 22.0 Å². The lowest BCUT2D eigenvalue weighted by Crippen LogP contribution is -2.45. The molecule has 0 aromatic rings. The van der Waals surface area contributed by atoms with Crippen molar-refractivity contribution >= 4 is 63.8 Å². The third kappa shape index (κ3) is 10.0. The molecular formula is C12H22N6O2S3. The Bertz CT molecular complexity index is 495. The molecule has 0 heterocycles. The number of carbonyl (C=O) groups is 1. The standard InChI is InChI=1S/C12H22N6O2S3/c1-7(15-17-11(21)13-3)8(2)16-18-12(22)14-9(10(19)20)5-6-23-4/h9H,5-6H2,1-4H3,(H,19,20)(H2,13,17,21)(H2,14,18,22)/b15-7-,16-8-. The Morgan fingerprint density at radius 2 is 1.70 bits per heavy atom. The Morgan fingerprint density at radius 1 is 1.17 bits per heavy atom. The average molecular weight is 379 g/mol. The lowest BCUT2D eigenvalue weighted by atomic mass is 10.2. The fourth-order valence-electron chi connectivity index (χ4n) is 1.17. The van der Waals surface area contributed by atoms with E-state index < -0.39 is 12.0 Å². The largest absolute Gasteiger partial charge is 0.480 e. The Kier molecular flexibility index (Phi) is 11.3. The zero-order chi connectivity index (χ0) is 17.8. The van der Waals surface area contributed by atoms with E-state index in [0.717, 1.165) is 5.75 Å². The molecule has 1 unspecified atom stereocenters. The van der Waals surface area contributed by atoms with Gasteiger partial charge < -0.3 is 15.7 Å². The highest BCUT2D eigenvalue weighted by molar-refractivity contribution is 7.98. The topological polar surface area (TPSA) is 110 Å². The molecule has 130 valence electrons. The normalized spacial score (nSPS) is 13.0. The van der Waals surface area contributed by atoms with Gasteiger partial charge in [0.2, 0.25) is 0 Å². The molecule has 1 atom stereocenters. The number of nitrogens with zero attached hydrogens (tertiary/aromatic N) is 2. The van der Waals surface area contributed by atoms with Crippen molar-refractivity contribution in [1.29, 1.82) is 0 Å². The van der Waals surface area contributed by atoms with Crippen LogP contribution >= 0.6 is 36.2 Å². The molecule has 0 bridgehead atoms. The molecule has 23 heavy (non-hydrogen) atoms. The van der Waals surface area contributed by atoms with Crippen molar-refractivity contribution < 1.29 is 9.90 Å². The smallest absolute Gasteiger partial charge is 0.326 e. The molecule has 0 spiro atoms. The number of thiocarbonyl (C=S) groups is 2. The molecule has 0 aliphatic heterocycles. The number of rotatable bonds is 8. The van der Waals surface area contributed by atoms with Gasteiger partial charge in [-0.1, -0.05) is 0 Å². The summed E-state index contributed by atoms with van der Waals surface area (Å²) >= 11 is 11.5. The average Bonchev–Trinajstić information content (AvgIpc) is 2.53. The van der Waals surface area contributed by atoms with E-state index in [9.17, 15) is 4.79 Å². The molecular weight excluding hydrogens is 356 g/mol. The van der Waals surface area contributed by atoms with Crippen LogP contribution in [0.1, 0.15) is 20.3 Å². The maximum atomic E-state index is 11.1. The molecule has 0 fully saturated rings. The van der Waals surface area contributed by atoms with Gasteiger partial charge in [-0.05, 0) is 56.7 Å². The molecule has 0 aromatic carbocycles. The predicted octanol–water partition coefficient (Wildman–Crippen LogP) is 0.502. The summed E-state index contributed by atoms with van der Waals surface area (Å²) in [6, 6.07) is -0.748. The van der Waals surface area contributed by atoms with Crippen LogP contribution in [0.25, 0.3) is 0 Å². The minimum absolute atomic E-state index is 0.143. The van der Waals surface area contributed by atoms with Crippen LogP contribution in [-0.2, 0) is 4.79 Å². The Morgan fingerprint density at radius 3 is 2.13 bits per heavy atom. The van der Waals surface area contributed by atoms with Crippen molar-refractivity contribution in [2.24, 2.45) is 10.2 Å². The van der Waals surface area contributed by atoms with Crippen LogP contribution in [0.3, 0.4) is 0 Å². The van der Waals surface area contributed by atoms with Gasteiger partial charge in [0.25, 0.3) is 0 Å². The molecule has 0 saturated carbocycles. The Balaban J connectivity index is 4.53. The van der Waals surface area contributed by atoms with E-state index in [4.69, 9.17) is 29.5 Å². The van der Waals surface area contributed by atoms with Crippen molar-refractivity contribution in [2.75, 3.05) is 19.1 Å². The van der Waals surface area contributed by atoms with Crippen LogP contribution in [0.2, 0.25) is 0 Å². The van der Waals surface area contributed by atoms with E-state index in [1.807, 2.05) is 6.26 Å². The molecule has 0 amide bonds. The number of thioether (sulfide) groups is 1.